The first kappa shape index (κ1) is 24.5. The van der Waals surface area contributed by atoms with E-state index in [1.165, 1.54) is 18.2 Å². The van der Waals surface area contributed by atoms with Gasteiger partial charge in [-0.1, -0.05) is 30.3 Å². The van der Waals surface area contributed by atoms with Crippen LogP contribution >= 0.6 is 11.8 Å². The summed E-state index contributed by atoms with van der Waals surface area (Å²) >= 11 is 0.762. The summed E-state index contributed by atoms with van der Waals surface area (Å²) in [5, 5.41) is 2.29. The van der Waals surface area contributed by atoms with E-state index in [2.05, 4.69) is 5.32 Å². The lowest BCUT2D eigenvalue weighted by molar-refractivity contribution is -0.124. The Morgan fingerprint density at radius 2 is 1.91 bits per heavy atom. The van der Waals surface area contributed by atoms with Crippen molar-refractivity contribution in [3.05, 3.63) is 70.4 Å². The van der Waals surface area contributed by atoms with Gasteiger partial charge in [0.2, 0.25) is 5.91 Å². The Morgan fingerprint density at radius 3 is 2.61 bits per heavy atom. The molecule has 3 amide bonds. The molecule has 1 N–H and O–H groups in total. The lowest BCUT2D eigenvalue weighted by Crippen LogP contribution is -2.40. The van der Waals surface area contributed by atoms with Crippen LogP contribution in [0.1, 0.15) is 18.1 Å². The third-order valence-corrected chi connectivity index (χ3v) is 5.73. The molecule has 174 valence electrons. The second-order valence-corrected chi connectivity index (χ2v) is 8.45. The number of rotatable bonds is 10. The summed E-state index contributed by atoms with van der Waals surface area (Å²) in [4.78, 5) is 40.0. The summed E-state index contributed by atoms with van der Waals surface area (Å²) in [6.45, 7) is 3.48. The Bertz CT molecular complexity index is 1040. The molecule has 0 saturated carbocycles. The minimum absolute atomic E-state index is 0.0492. The topological polar surface area (TPSA) is 79.0 Å². The summed E-state index contributed by atoms with van der Waals surface area (Å²) in [7, 11) is 1.83. The van der Waals surface area contributed by atoms with Gasteiger partial charge in [0.15, 0.2) is 0 Å². The number of ether oxygens (including phenoxy) is 1. The van der Waals surface area contributed by atoms with E-state index >= 15 is 0 Å². The molecule has 33 heavy (non-hydrogen) atoms. The molecule has 3 rings (SSSR count). The minimum Gasteiger partial charge on any atom is -0.494 e. The highest BCUT2D eigenvalue weighted by Crippen LogP contribution is 2.32. The van der Waals surface area contributed by atoms with Crippen molar-refractivity contribution in [3.63, 3.8) is 0 Å². The van der Waals surface area contributed by atoms with Gasteiger partial charge in [0.25, 0.3) is 11.1 Å². The van der Waals surface area contributed by atoms with Crippen LogP contribution in [0.2, 0.25) is 0 Å². The predicted molar refractivity (Wildman–Crippen MR) is 126 cm³/mol. The third kappa shape index (κ3) is 6.90. The molecule has 0 atom stereocenters. The molecule has 0 aliphatic carbocycles. The number of hydrogen-bond acceptors (Lipinski definition) is 6. The number of carbonyl (C=O) groups excluding carboxylic acids is 3. The normalized spacial score (nSPS) is 14.9. The number of hydrogen-bond donors (Lipinski definition) is 1. The average Bonchev–Trinajstić information content (AvgIpc) is 3.04. The molecule has 2 aromatic rings. The first-order valence-electron chi connectivity index (χ1n) is 10.5. The van der Waals surface area contributed by atoms with E-state index in [0.717, 1.165) is 28.0 Å². The molecule has 0 radical (unpaired) electrons. The van der Waals surface area contributed by atoms with Crippen LogP contribution < -0.4 is 10.1 Å². The van der Waals surface area contributed by atoms with E-state index in [1.54, 1.807) is 12.1 Å². The van der Waals surface area contributed by atoms with E-state index < -0.39 is 17.0 Å². The molecule has 1 fully saturated rings. The number of nitrogens with one attached hydrogen (secondary N) is 1. The van der Waals surface area contributed by atoms with Gasteiger partial charge in [-0.3, -0.25) is 24.2 Å². The van der Waals surface area contributed by atoms with Crippen LogP contribution in [0.3, 0.4) is 0 Å². The van der Waals surface area contributed by atoms with Gasteiger partial charge < -0.3 is 10.1 Å². The highest BCUT2D eigenvalue weighted by Gasteiger charge is 2.34. The molecular weight excluding hydrogens is 445 g/mol. The van der Waals surface area contributed by atoms with Crippen LogP contribution in [-0.2, 0) is 16.1 Å². The third-order valence-electron chi connectivity index (χ3n) is 4.82. The Kier molecular flexibility index (Phi) is 8.62. The largest absolute Gasteiger partial charge is 0.494 e. The van der Waals surface area contributed by atoms with Gasteiger partial charge in [-0.25, -0.2) is 4.39 Å². The predicted octanol–water partition coefficient (Wildman–Crippen LogP) is 3.51. The number of halogens is 1. The molecule has 0 aromatic heterocycles. The number of benzene rings is 2. The molecule has 1 saturated heterocycles. The van der Waals surface area contributed by atoms with Crippen molar-refractivity contribution in [1.29, 1.82) is 0 Å². The first-order chi connectivity index (χ1) is 15.9. The SMILES string of the molecule is CCOc1ccc(CN(C)CC(=O)NCCN2C(=O)S/C(=C\c3ccccc3F)C2=O)cc1. The Balaban J connectivity index is 1.44. The van der Waals surface area contributed by atoms with Crippen molar-refractivity contribution >= 4 is 34.9 Å². The molecule has 2 aromatic carbocycles. The number of thioether (sulfide) groups is 1. The zero-order chi connectivity index (χ0) is 23.8. The maximum absolute atomic E-state index is 13.8. The number of likely N-dealkylation sites (N-methyl/N-ethyl adjacent to an activating group) is 1. The lowest BCUT2D eigenvalue weighted by Gasteiger charge is -2.17. The number of imide groups is 1. The molecule has 1 heterocycles. The monoisotopic (exact) mass is 471 g/mol. The quantitative estimate of drug-likeness (QED) is 0.535. The fraction of sp³-hybridized carbons (Fsp3) is 0.292. The number of nitrogens with zero attached hydrogens (tertiary/aromatic N) is 2. The summed E-state index contributed by atoms with van der Waals surface area (Å²) in [6.07, 6.45) is 1.37. The fourth-order valence-electron chi connectivity index (χ4n) is 3.26. The molecule has 7 nitrogen and oxygen atoms in total. The zero-order valence-electron chi connectivity index (χ0n) is 18.5. The summed E-state index contributed by atoms with van der Waals surface area (Å²) in [5.41, 5.74) is 1.29. The van der Waals surface area contributed by atoms with E-state index in [0.29, 0.717) is 13.2 Å². The first-order valence-corrected chi connectivity index (χ1v) is 11.4. The Morgan fingerprint density at radius 1 is 1.18 bits per heavy atom. The smallest absolute Gasteiger partial charge is 0.293 e. The van der Waals surface area contributed by atoms with Gasteiger partial charge in [0, 0.05) is 25.2 Å². The lowest BCUT2D eigenvalue weighted by atomic mass is 10.2. The van der Waals surface area contributed by atoms with Crippen LogP contribution in [0.4, 0.5) is 9.18 Å². The standard InChI is InChI=1S/C24H26FN3O4S/c1-3-32-19-10-8-17(9-11-19)15-27(2)16-22(29)26-12-13-28-23(30)21(33-24(28)31)14-18-6-4-5-7-20(18)25/h4-11,14H,3,12-13,15-16H2,1-2H3,(H,26,29)/b21-14-. The van der Waals surface area contributed by atoms with Gasteiger partial charge in [-0.05, 0) is 55.6 Å². The molecule has 1 aliphatic rings. The van der Waals surface area contributed by atoms with E-state index in [1.807, 2.05) is 43.1 Å². The van der Waals surface area contributed by atoms with Crippen molar-refractivity contribution in [3.8, 4) is 5.75 Å². The van der Waals surface area contributed by atoms with Crippen molar-refractivity contribution in [2.75, 3.05) is 33.3 Å². The van der Waals surface area contributed by atoms with Crippen molar-refractivity contribution in [2.45, 2.75) is 13.5 Å². The van der Waals surface area contributed by atoms with Crippen molar-refractivity contribution < 1.29 is 23.5 Å². The zero-order valence-corrected chi connectivity index (χ0v) is 19.4. The van der Waals surface area contributed by atoms with Gasteiger partial charge in [-0.15, -0.1) is 0 Å². The van der Waals surface area contributed by atoms with Crippen LogP contribution in [0.5, 0.6) is 5.75 Å². The van der Waals surface area contributed by atoms with Crippen molar-refractivity contribution in [2.24, 2.45) is 0 Å². The van der Waals surface area contributed by atoms with Gasteiger partial charge >= 0.3 is 0 Å². The van der Waals surface area contributed by atoms with Crippen LogP contribution in [0, 0.1) is 5.82 Å². The number of carbonyl (C=O) groups is 3. The van der Waals surface area contributed by atoms with Gasteiger partial charge in [0.1, 0.15) is 11.6 Å². The van der Waals surface area contributed by atoms with E-state index in [9.17, 15) is 18.8 Å². The number of amides is 3. The highest BCUT2D eigenvalue weighted by atomic mass is 32.2. The van der Waals surface area contributed by atoms with E-state index in [-0.39, 0.29) is 36.0 Å². The maximum atomic E-state index is 13.8. The second kappa shape index (κ2) is 11.6. The van der Waals surface area contributed by atoms with Crippen LogP contribution in [0.25, 0.3) is 6.08 Å². The fourth-order valence-corrected chi connectivity index (χ4v) is 4.12. The van der Waals surface area contributed by atoms with Crippen LogP contribution in [0.15, 0.2) is 53.4 Å². The van der Waals surface area contributed by atoms with E-state index in [4.69, 9.17) is 4.74 Å². The Labute approximate surface area is 196 Å². The molecule has 9 heteroatoms. The molecule has 0 unspecified atom stereocenters. The van der Waals surface area contributed by atoms with Gasteiger partial charge in [0.05, 0.1) is 18.1 Å². The summed E-state index contributed by atoms with van der Waals surface area (Å²) in [5.74, 6) is -0.365. The maximum Gasteiger partial charge on any atom is 0.293 e. The summed E-state index contributed by atoms with van der Waals surface area (Å²) in [6, 6.07) is 13.7. The summed E-state index contributed by atoms with van der Waals surface area (Å²) < 4.78 is 19.2. The average molecular weight is 472 g/mol. The molecule has 0 bridgehead atoms. The molecular formula is C24H26FN3O4S. The second-order valence-electron chi connectivity index (χ2n) is 7.45. The Hall–Kier alpha value is -3.17. The molecule has 0 spiro atoms. The molecule has 1 aliphatic heterocycles. The highest BCUT2D eigenvalue weighted by molar-refractivity contribution is 8.18. The van der Waals surface area contributed by atoms with Gasteiger partial charge in [-0.2, -0.15) is 0 Å². The van der Waals surface area contributed by atoms with Crippen molar-refractivity contribution in [1.82, 2.24) is 15.1 Å². The van der Waals surface area contributed by atoms with Crippen LogP contribution in [-0.4, -0.2) is 60.1 Å². The minimum atomic E-state index is -0.491.